The van der Waals surface area contributed by atoms with Crippen molar-refractivity contribution in [2.24, 2.45) is 0 Å². The van der Waals surface area contributed by atoms with Gasteiger partial charge in [-0.3, -0.25) is 0 Å². The summed E-state index contributed by atoms with van der Waals surface area (Å²) in [4.78, 5) is 45.6. The fourth-order valence-corrected chi connectivity index (χ4v) is 21.0. The van der Waals surface area contributed by atoms with Crippen LogP contribution in [0.4, 0.5) is 0 Å². The molecule has 0 unspecified atom stereocenters. The van der Waals surface area contributed by atoms with Crippen LogP contribution in [0.5, 0.6) is 0 Å². The Bertz CT molecular complexity index is 8030. The number of nitrogens with zero attached hydrogens (tertiary/aromatic N) is 9. The van der Waals surface area contributed by atoms with Gasteiger partial charge in [-0.2, -0.15) is 0 Å². The topological polar surface area (TPSA) is 116 Å². The summed E-state index contributed by atoms with van der Waals surface area (Å²) in [5, 5.41) is 12.3. The summed E-state index contributed by atoms with van der Waals surface area (Å²) >= 11 is 5.44. The van der Waals surface area contributed by atoms with Crippen LogP contribution in [0.15, 0.2) is 431 Å². The van der Waals surface area contributed by atoms with Gasteiger partial charge in [-0.05, 0) is 65.7 Å². The van der Waals surface area contributed by atoms with E-state index in [1.807, 2.05) is 125 Å². The first-order valence-electron chi connectivity index (χ1n) is 42.3. The Morgan fingerprint density at radius 1 is 0.142 bits per heavy atom. The second kappa shape index (κ2) is 33.0. The van der Waals surface area contributed by atoms with Crippen molar-refractivity contribution in [3.63, 3.8) is 0 Å². The molecule has 25 rings (SSSR count). The summed E-state index contributed by atoms with van der Waals surface area (Å²) in [6.45, 7) is 0. The molecule has 0 amide bonds. The molecule has 0 aliphatic carbocycles. The molecule has 0 fully saturated rings. The molecule has 0 atom stereocenters. The molecule has 594 valence electrons. The van der Waals surface area contributed by atoms with Gasteiger partial charge < -0.3 is 0 Å². The van der Waals surface area contributed by atoms with Gasteiger partial charge in [0, 0.05) is 129 Å². The van der Waals surface area contributed by atoms with Crippen LogP contribution < -0.4 is 0 Å². The van der Waals surface area contributed by atoms with E-state index in [9.17, 15) is 0 Å². The molecule has 127 heavy (non-hydrogen) atoms. The van der Waals surface area contributed by atoms with Gasteiger partial charge in [-0.1, -0.05) is 376 Å². The van der Waals surface area contributed by atoms with Crippen LogP contribution in [-0.4, -0.2) is 44.9 Å². The average Bonchev–Trinajstić information content (AvgIpc) is 1.61. The van der Waals surface area contributed by atoms with Crippen molar-refractivity contribution in [1.29, 1.82) is 0 Å². The Kier molecular flexibility index (Phi) is 19.7. The maximum atomic E-state index is 5.17. The lowest BCUT2D eigenvalue weighted by atomic mass is 10.0. The quantitative estimate of drug-likeness (QED) is 0.118. The van der Waals surface area contributed by atoms with E-state index in [1.165, 1.54) is 87.8 Å². The molecule has 9 aromatic heterocycles. The molecule has 9 nitrogen and oxygen atoms in total. The Hall–Kier alpha value is -16.1. The summed E-state index contributed by atoms with van der Waals surface area (Å²) in [5.74, 6) is 2.13. The van der Waals surface area contributed by atoms with Gasteiger partial charge in [-0.15, -0.1) is 34.0 Å². The van der Waals surface area contributed by atoms with Crippen LogP contribution in [-0.2, 0) is 0 Å². The van der Waals surface area contributed by atoms with Crippen LogP contribution in [0.3, 0.4) is 0 Å². The van der Waals surface area contributed by atoms with Crippen molar-refractivity contribution < 1.29 is 0 Å². The monoisotopic (exact) mass is 1670 g/mol. The Morgan fingerprint density at radius 2 is 0.362 bits per heavy atom. The second-order valence-electron chi connectivity index (χ2n) is 31.3. The number of hydrogen-bond donors (Lipinski definition) is 0. The normalized spacial score (nSPS) is 11.5. The minimum atomic E-state index is 0.704. The van der Waals surface area contributed by atoms with Crippen LogP contribution in [0.1, 0.15) is 0 Å². The van der Waals surface area contributed by atoms with Gasteiger partial charge in [0.05, 0.1) is 81.7 Å². The number of fused-ring (bicyclic) bond motifs is 16. The van der Waals surface area contributed by atoms with Crippen molar-refractivity contribution in [2.45, 2.75) is 0 Å². The van der Waals surface area contributed by atoms with Crippen LogP contribution in [0, 0.1) is 0 Å². The Balaban J connectivity index is 0.000000109. The van der Waals surface area contributed by atoms with Gasteiger partial charge in [0.25, 0.3) is 0 Å². The highest BCUT2D eigenvalue weighted by Gasteiger charge is 2.23. The lowest BCUT2D eigenvalue weighted by Crippen LogP contribution is -1.96. The highest BCUT2D eigenvalue weighted by molar-refractivity contribution is 7.27. The molecule has 12 heteroatoms. The summed E-state index contributed by atoms with van der Waals surface area (Å²) in [6.07, 6.45) is 0. The fraction of sp³-hybridized carbons (Fsp3) is 0. The van der Waals surface area contributed by atoms with Crippen molar-refractivity contribution in [3.8, 4) is 135 Å². The predicted molar refractivity (Wildman–Crippen MR) is 533 cm³/mol. The lowest BCUT2D eigenvalue weighted by Gasteiger charge is -2.11. The summed E-state index contributed by atoms with van der Waals surface area (Å²) in [6, 6.07) is 150. The number of pyridine rings is 3. The first-order valence-corrected chi connectivity index (χ1v) is 44.7. The van der Waals surface area contributed by atoms with E-state index in [4.69, 9.17) is 44.9 Å². The highest BCUT2D eigenvalue weighted by Crippen LogP contribution is 2.48. The van der Waals surface area contributed by atoms with Crippen LogP contribution >= 0.6 is 34.0 Å². The Labute approximate surface area is 743 Å². The van der Waals surface area contributed by atoms with E-state index < -0.39 is 0 Å². The molecule has 0 aliphatic rings. The van der Waals surface area contributed by atoms with Crippen LogP contribution in [0.2, 0.25) is 0 Å². The van der Waals surface area contributed by atoms with Crippen molar-refractivity contribution in [3.05, 3.63) is 431 Å². The number of thiophene rings is 3. The summed E-state index contributed by atoms with van der Waals surface area (Å²) in [7, 11) is 0. The summed E-state index contributed by atoms with van der Waals surface area (Å²) in [5.41, 5.74) is 25.4. The minimum absolute atomic E-state index is 0.704. The van der Waals surface area contributed by atoms with E-state index in [2.05, 4.69) is 340 Å². The molecule has 0 aliphatic heterocycles. The minimum Gasteiger partial charge on any atom is -0.246 e. The van der Waals surface area contributed by atoms with Crippen molar-refractivity contribution in [2.75, 3.05) is 0 Å². The molecule has 0 radical (unpaired) electrons. The van der Waals surface area contributed by atoms with Crippen molar-refractivity contribution in [1.82, 2.24) is 44.9 Å². The molecular weight excluding hydrogens is 1600 g/mol. The number of para-hydroxylation sites is 4. The fourth-order valence-electron chi connectivity index (χ4n) is 17.3. The van der Waals surface area contributed by atoms with E-state index in [0.717, 1.165) is 134 Å². The SMILES string of the molecule is c1ccc(-c2cc(-c3ccc(-c4nc5ccccc5c5c4sc4ccccc45)cc3)nc(-c3ccccc3)n2)cc1.c1ccc(-c2cc(-c3ccccc3)nc(-c3ccc(-c4nc5ccccc5c5c4sc4ccccc45)cc3)n2)cc1.c1ccc(-c2ccc(-c3nc(-c4ccc(-c5nc6ccccc6c6c5sc5ccccc56)cc4)nc4ccccc34)cc2)cc1. The first kappa shape index (κ1) is 75.8. The predicted octanol–water partition coefficient (Wildman–Crippen LogP) is 31.3. The number of hydrogen-bond acceptors (Lipinski definition) is 12. The molecule has 0 spiro atoms. The number of aromatic nitrogens is 9. The Morgan fingerprint density at radius 3 is 0.709 bits per heavy atom. The molecule has 16 aromatic carbocycles. The van der Waals surface area contributed by atoms with Crippen molar-refractivity contribution >= 4 is 138 Å². The second-order valence-corrected chi connectivity index (χ2v) is 34.5. The molecule has 0 bridgehead atoms. The van der Waals surface area contributed by atoms with E-state index in [0.29, 0.717) is 17.5 Å². The smallest absolute Gasteiger partial charge is 0.160 e. The van der Waals surface area contributed by atoms with Gasteiger partial charge in [0.2, 0.25) is 0 Å². The molecular formula is C115H71N9S3. The molecule has 0 saturated heterocycles. The zero-order chi connectivity index (χ0) is 84.1. The van der Waals surface area contributed by atoms with Gasteiger partial charge >= 0.3 is 0 Å². The largest absolute Gasteiger partial charge is 0.246 e. The van der Waals surface area contributed by atoms with E-state index >= 15 is 0 Å². The standard InChI is InChI=1S/C41H25N3S.2C37H23N3S/c1-2-10-26(11-3-1)27-18-20-28(21-19-27)38-32-13-5-8-16-35(32)43-41(44-38)30-24-22-29(23-25-30)39-40-37(31-12-4-7-15-34(31)42-39)33-14-6-9-17-36(33)45-40;1-3-11-24(12-4-1)31-23-32(40-37(39-31)27-13-5-2-6-14-27)25-19-21-26(22-20-25)35-36-34(28-15-7-9-17-30(28)38-35)29-16-8-10-18-33(29)41-36;1-3-11-24(12-4-1)31-23-32(25-13-5-2-6-14-25)40-37(39-31)27-21-19-26(20-22-27)35-36-34(28-15-7-9-17-30(28)38-35)29-16-8-10-18-33(29)41-36/h1-25H;2*1-23H. The lowest BCUT2D eigenvalue weighted by molar-refractivity contribution is 1.18. The van der Waals surface area contributed by atoms with Gasteiger partial charge in [-0.25, -0.2) is 44.9 Å². The highest BCUT2D eigenvalue weighted by atomic mass is 32.1. The number of rotatable bonds is 12. The van der Waals surface area contributed by atoms with E-state index in [-0.39, 0.29) is 0 Å². The third-order valence-corrected chi connectivity index (χ3v) is 27.0. The average molecular weight is 1680 g/mol. The maximum absolute atomic E-state index is 5.17. The maximum Gasteiger partial charge on any atom is 0.160 e. The first-order chi connectivity index (χ1) is 62.9. The zero-order valence-electron chi connectivity index (χ0n) is 68.2. The zero-order valence-corrected chi connectivity index (χ0v) is 70.7. The van der Waals surface area contributed by atoms with Gasteiger partial charge in [0.15, 0.2) is 17.5 Å². The molecule has 9 heterocycles. The molecule has 0 N–H and O–H groups in total. The summed E-state index contributed by atoms with van der Waals surface area (Å²) < 4.78 is 7.48. The van der Waals surface area contributed by atoms with Gasteiger partial charge in [0.1, 0.15) is 0 Å². The third kappa shape index (κ3) is 14.5. The molecule has 0 saturated carbocycles. The van der Waals surface area contributed by atoms with E-state index in [1.54, 1.807) is 0 Å². The number of benzene rings is 16. The molecule has 25 aromatic rings. The van der Waals surface area contributed by atoms with Crippen LogP contribution in [0.25, 0.3) is 239 Å². The third-order valence-electron chi connectivity index (χ3n) is 23.5.